The van der Waals surface area contributed by atoms with E-state index < -0.39 is 0 Å². The van der Waals surface area contributed by atoms with E-state index in [1.165, 1.54) is 19.3 Å². The van der Waals surface area contributed by atoms with Crippen molar-refractivity contribution in [1.82, 2.24) is 10.2 Å². The fourth-order valence-electron chi connectivity index (χ4n) is 1.47. The summed E-state index contributed by atoms with van der Waals surface area (Å²) in [4.78, 5) is 1.98. The van der Waals surface area contributed by atoms with Gasteiger partial charge in [-0.15, -0.1) is 0 Å². The minimum absolute atomic E-state index is 0.136. The number of hydrogen-bond acceptors (Lipinski definition) is 3. The first-order valence-electron chi connectivity index (χ1n) is 5.41. The van der Waals surface area contributed by atoms with E-state index in [4.69, 9.17) is 5.11 Å². The topological polar surface area (TPSA) is 35.5 Å². The minimum Gasteiger partial charge on any atom is -0.394 e. The van der Waals surface area contributed by atoms with Crippen molar-refractivity contribution in [2.45, 2.75) is 32.2 Å². The van der Waals surface area contributed by atoms with E-state index in [2.05, 4.69) is 11.9 Å². The van der Waals surface area contributed by atoms with Crippen molar-refractivity contribution < 1.29 is 5.11 Å². The zero-order valence-corrected chi connectivity index (χ0v) is 9.29. The molecule has 3 nitrogen and oxygen atoms in total. The van der Waals surface area contributed by atoms with Crippen molar-refractivity contribution in [3.8, 4) is 0 Å². The van der Waals surface area contributed by atoms with Crippen LogP contribution in [0.1, 0.15) is 26.2 Å². The molecular formula is C11H22N2O. The van der Waals surface area contributed by atoms with Gasteiger partial charge in [0.25, 0.3) is 0 Å². The summed E-state index contributed by atoms with van der Waals surface area (Å²) in [5, 5.41) is 12.3. The molecule has 1 saturated carbocycles. The molecule has 0 bridgehead atoms. The first-order chi connectivity index (χ1) is 6.65. The maximum atomic E-state index is 8.98. The molecule has 2 N–H and O–H groups in total. The molecule has 0 amide bonds. The normalized spacial score (nSPS) is 18.5. The van der Waals surface area contributed by atoms with E-state index in [9.17, 15) is 0 Å². The highest BCUT2D eigenvalue weighted by atomic mass is 16.3. The van der Waals surface area contributed by atoms with Gasteiger partial charge in [0.05, 0.1) is 18.5 Å². The van der Waals surface area contributed by atoms with Crippen molar-refractivity contribution in [3.63, 3.8) is 0 Å². The summed E-state index contributed by atoms with van der Waals surface area (Å²) in [6.45, 7) is 7.14. The van der Waals surface area contributed by atoms with Crippen LogP contribution in [0, 0.1) is 5.92 Å². The Balaban J connectivity index is 2.18. The average Bonchev–Trinajstić information content (AvgIpc) is 2.12. The molecule has 1 atom stereocenters. The second-order valence-corrected chi connectivity index (χ2v) is 4.27. The van der Waals surface area contributed by atoms with Crippen molar-refractivity contribution in [2.24, 2.45) is 5.92 Å². The van der Waals surface area contributed by atoms with E-state index >= 15 is 0 Å². The molecule has 1 aliphatic rings. The first-order valence-corrected chi connectivity index (χ1v) is 5.41. The predicted octanol–water partition coefficient (Wildman–Crippen LogP) is 1.16. The van der Waals surface area contributed by atoms with Crippen LogP contribution in [-0.2, 0) is 0 Å². The SMILES string of the molecule is C=C(NCC1CCC1)N(C)C(C)CO. The summed E-state index contributed by atoms with van der Waals surface area (Å²) in [5.41, 5.74) is 0. The average molecular weight is 198 g/mol. The lowest BCUT2D eigenvalue weighted by molar-refractivity contribution is 0.176. The Morgan fingerprint density at radius 1 is 1.64 bits per heavy atom. The third-order valence-electron chi connectivity index (χ3n) is 3.17. The Kier molecular flexibility index (Phi) is 4.26. The fourth-order valence-corrected chi connectivity index (χ4v) is 1.47. The summed E-state index contributed by atoms with van der Waals surface area (Å²) < 4.78 is 0. The third kappa shape index (κ3) is 2.91. The minimum atomic E-state index is 0.136. The number of nitrogens with one attached hydrogen (secondary N) is 1. The van der Waals surface area contributed by atoms with Crippen LogP contribution in [-0.4, -0.2) is 36.2 Å². The Morgan fingerprint density at radius 2 is 2.29 bits per heavy atom. The molecule has 82 valence electrons. The van der Waals surface area contributed by atoms with Gasteiger partial charge in [0, 0.05) is 13.6 Å². The van der Waals surface area contributed by atoms with Crippen LogP contribution in [0.5, 0.6) is 0 Å². The molecule has 0 saturated heterocycles. The lowest BCUT2D eigenvalue weighted by Gasteiger charge is -2.31. The quantitative estimate of drug-likeness (QED) is 0.672. The van der Waals surface area contributed by atoms with Crippen molar-refractivity contribution in [2.75, 3.05) is 20.2 Å². The molecule has 1 rings (SSSR count). The van der Waals surface area contributed by atoms with Crippen molar-refractivity contribution >= 4 is 0 Å². The molecule has 14 heavy (non-hydrogen) atoms. The predicted molar refractivity (Wildman–Crippen MR) is 58.8 cm³/mol. The van der Waals surface area contributed by atoms with Crippen LogP contribution in [0.3, 0.4) is 0 Å². The summed E-state index contributed by atoms with van der Waals surface area (Å²) >= 11 is 0. The molecule has 0 aromatic rings. The maximum absolute atomic E-state index is 8.98. The lowest BCUT2D eigenvalue weighted by Crippen LogP contribution is -2.38. The molecule has 0 aliphatic heterocycles. The van der Waals surface area contributed by atoms with Crippen LogP contribution in [0.2, 0.25) is 0 Å². The third-order valence-corrected chi connectivity index (χ3v) is 3.17. The fraction of sp³-hybridized carbons (Fsp3) is 0.818. The van der Waals surface area contributed by atoms with Crippen molar-refractivity contribution in [3.05, 3.63) is 12.4 Å². The number of aliphatic hydroxyl groups is 1. The Bertz CT molecular complexity index is 190. The van der Waals surface area contributed by atoms with E-state index in [1.54, 1.807) is 0 Å². The second kappa shape index (κ2) is 5.25. The molecule has 1 fully saturated rings. The summed E-state index contributed by atoms with van der Waals surface area (Å²) in [7, 11) is 1.96. The monoisotopic (exact) mass is 198 g/mol. The van der Waals surface area contributed by atoms with Crippen LogP contribution in [0.4, 0.5) is 0 Å². The summed E-state index contributed by atoms with van der Waals surface area (Å²) in [6.07, 6.45) is 4.07. The second-order valence-electron chi connectivity index (χ2n) is 4.27. The molecule has 1 unspecified atom stereocenters. The standard InChI is InChI=1S/C11H22N2O/c1-9(8-14)13(3)10(2)12-7-11-5-4-6-11/h9,11-12,14H,2,4-8H2,1,3H3. The van der Waals surface area contributed by atoms with Crippen molar-refractivity contribution in [1.29, 1.82) is 0 Å². The summed E-state index contributed by atoms with van der Waals surface area (Å²) in [6, 6.07) is 0.136. The van der Waals surface area contributed by atoms with Crippen LogP contribution < -0.4 is 5.32 Å². The Morgan fingerprint density at radius 3 is 2.71 bits per heavy atom. The number of rotatable bonds is 6. The highest BCUT2D eigenvalue weighted by Gasteiger charge is 2.18. The maximum Gasteiger partial charge on any atom is 0.0939 e. The van der Waals surface area contributed by atoms with Crippen LogP contribution in [0.15, 0.2) is 12.4 Å². The molecule has 0 aromatic carbocycles. The number of hydrogen-bond donors (Lipinski definition) is 2. The smallest absolute Gasteiger partial charge is 0.0939 e. The van der Waals surface area contributed by atoms with E-state index in [0.29, 0.717) is 0 Å². The van der Waals surface area contributed by atoms with E-state index in [1.807, 2.05) is 18.9 Å². The van der Waals surface area contributed by atoms with E-state index in [-0.39, 0.29) is 12.6 Å². The highest BCUT2D eigenvalue weighted by Crippen LogP contribution is 2.25. The van der Waals surface area contributed by atoms with Gasteiger partial charge < -0.3 is 15.3 Å². The molecule has 3 heteroatoms. The molecule has 0 heterocycles. The molecule has 0 radical (unpaired) electrons. The molecule has 0 spiro atoms. The van der Waals surface area contributed by atoms with Gasteiger partial charge in [0.15, 0.2) is 0 Å². The molecular weight excluding hydrogens is 176 g/mol. The Labute approximate surface area is 86.8 Å². The van der Waals surface area contributed by atoms with Gasteiger partial charge >= 0.3 is 0 Å². The molecule has 0 aromatic heterocycles. The zero-order valence-electron chi connectivity index (χ0n) is 9.29. The lowest BCUT2D eigenvalue weighted by atomic mass is 9.85. The zero-order chi connectivity index (χ0) is 10.6. The van der Waals surface area contributed by atoms with Gasteiger partial charge in [-0.2, -0.15) is 0 Å². The van der Waals surface area contributed by atoms with Gasteiger partial charge in [-0.05, 0) is 25.7 Å². The van der Waals surface area contributed by atoms with Crippen LogP contribution in [0.25, 0.3) is 0 Å². The number of nitrogens with zero attached hydrogens (tertiary/aromatic N) is 1. The number of likely N-dealkylation sites (N-methyl/N-ethyl adjacent to an activating group) is 1. The largest absolute Gasteiger partial charge is 0.394 e. The molecule has 1 aliphatic carbocycles. The van der Waals surface area contributed by atoms with Gasteiger partial charge in [-0.1, -0.05) is 13.0 Å². The first kappa shape index (κ1) is 11.4. The summed E-state index contributed by atoms with van der Waals surface area (Å²) in [5.74, 6) is 1.75. The highest BCUT2D eigenvalue weighted by molar-refractivity contribution is 4.92. The van der Waals surface area contributed by atoms with Gasteiger partial charge in [-0.3, -0.25) is 0 Å². The van der Waals surface area contributed by atoms with Gasteiger partial charge in [0.1, 0.15) is 0 Å². The van der Waals surface area contributed by atoms with Gasteiger partial charge in [0.2, 0.25) is 0 Å². The number of aliphatic hydroxyl groups excluding tert-OH is 1. The van der Waals surface area contributed by atoms with Crippen LogP contribution >= 0.6 is 0 Å². The van der Waals surface area contributed by atoms with E-state index in [0.717, 1.165) is 18.3 Å². The van der Waals surface area contributed by atoms with Gasteiger partial charge in [-0.25, -0.2) is 0 Å². The Hall–Kier alpha value is -0.700.